The average Bonchev–Trinajstić information content (AvgIpc) is 3.09. The minimum absolute atomic E-state index is 0.298. The van der Waals surface area contributed by atoms with E-state index in [1.54, 1.807) is 29.5 Å². The summed E-state index contributed by atoms with van der Waals surface area (Å²) in [5.41, 5.74) is 1.43. The number of pyridine rings is 1. The van der Waals surface area contributed by atoms with Crippen LogP contribution in [0, 0.1) is 10.1 Å². The number of aromatic nitrogens is 3. The smallest absolute Gasteiger partial charge is 0.399 e. The van der Waals surface area contributed by atoms with Gasteiger partial charge in [-0.05, 0) is 18.2 Å². The van der Waals surface area contributed by atoms with E-state index < -0.39 is 4.92 Å². The molecule has 7 heteroatoms. The van der Waals surface area contributed by atoms with Crippen LogP contribution in [0.1, 0.15) is 0 Å². The van der Waals surface area contributed by atoms with Crippen LogP contribution in [0.3, 0.4) is 0 Å². The zero-order chi connectivity index (χ0) is 13.2. The van der Waals surface area contributed by atoms with Gasteiger partial charge in [0.2, 0.25) is 0 Å². The van der Waals surface area contributed by atoms with Gasteiger partial charge in [-0.3, -0.25) is 15.1 Å². The molecule has 0 fully saturated rings. The lowest BCUT2D eigenvalue weighted by atomic mass is 10.3. The van der Waals surface area contributed by atoms with E-state index in [1.807, 2.05) is 12.1 Å². The lowest BCUT2D eigenvalue weighted by molar-refractivity contribution is -0.401. The van der Waals surface area contributed by atoms with Gasteiger partial charge in [0.1, 0.15) is 16.9 Å². The summed E-state index contributed by atoms with van der Waals surface area (Å²) >= 11 is 0. The Hall–Kier alpha value is -2.96. The molecule has 19 heavy (non-hydrogen) atoms. The molecule has 0 N–H and O–H groups in total. The Balaban J connectivity index is 1.94. The van der Waals surface area contributed by atoms with Gasteiger partial charge in [-0.1, -0.05) is 0 Å². The molecule has 94 valence electrons. The van der Waals surface area contributed by atoms with E-state index in [2.05, 4.69) is 9.97 Å². The van der Waals surface area contributed by atoms with Gasteiger partial charge in [-0.15, -0.1) is 0 Å². The van der Waals surface area contributed by atoms with Gasteiger partial charge in [0, 0.05) is 24.3 Å². The number of imidazole rings is 1. The third-order valence-electron chi connectivity index (χ3n) is 2.57. The van der Waals surface area contributed by atoms with Crippen molar-refractivity contribution in [2.24, 2.45) is 0 Å². The summed E-state index contributed by atoms with van der Waals surface area (Å²) in [6.45, 7) is 0. The molecule has 0 amide bonds. The van der Waals surface area contributed by atoms with Crippen LogP contribution in [0.15, 0.2) is 53.6 Å². The van der Waals surface area contributed by atoms with Crippen molar-refractivity contribution < 1.29 is 9.34 Å². The molecule has 0 aliphatic heterocycles. The summed E-state index contributed by atoms with van der Waals surface area (Å²) in [6, 6.07) is 6.49. The number of hydrogen-bond acceptors (Lipinski definition) is 5. The molecule has 0 saturated carbocycles. The number of furan rings is 1. The molecule has 0 radical (unpaired) electrons. The Kier molecular flexibility index (Phi) is 2.57. The van der Waals surface area contributed by atoms with E-state index >= 15 is 0 Å². The van der Waals surface area contributed by atoms with Crippen LogP contribution in [0.4, 0.5) is 5.88 Å². The van der Waals surface area contributed by atoms with Crippen molar-refractivity contribution in [1.82, 2.24) is 14.5 Å². The third kappa shape index (κ3) is 2.08. The molecule has 3 heterocycles. The summed E-state index contributed by atoms with van der Waals surface area (Å²) < 4.78 is 6.88. The van der Waals surface area contributed by atoms with Crippen molar-refractivity contribution in [2.45, 2.75) is 0 Å². The zero-order valence-electron chi connectivity index (χ0n) is 9.63. The van der Waals surface area contributed by atoms with Crippen molar-refractivity contribution in [2.75, 3.05) is 0 Å². The minimum Gasteiger partial charge on any atom is -0.399 e. The Morgan fingerprint density at radius 3 is 2.68 bits per heavy atom. The molecule has 0 aliphatic carbocycles. The quantitative estimate of drug-likeness (QED) is 0.530. The largest absolute Gasteiger partial charge is 0.433 e. The summed E-state index contributed by atoms with van der Waals surface area (Å²) in [5.74, 6) is 0.0629. The molecular formula is C12H8N4O3. The monoisotopic (exact) mass is 256 g/mol. The number of nitrogens with zero attached hydrogens (tertiary/aromatic N) is 4. The molecule has 0 aliphatic rings. The topological polar surface area (TPSA) is 87.0 Å². The lowest BCUT2D eigenvalue weighted by Crippen LogP contribution is -1.88. The third-order valence-corrected chi connectivity index (χ3v) is 2.57. The molecule has 3 aromatic heterocycles. The summed E-state index contributed by atoms with van der Waals surface area (Å²) in [7, 11) is 0. The highest BCUT2D eigenvalue weighted by Crippen LogP contribution is 2.25. The van der Waals surface area contributed by atoms with Crippen LogP contribution in [0.25, 0.3) is 17.1 Å². The maximum Gasteiger partial charge on any atom is 0.433 e. The molecule has 3 rings (SSSR count). The second kappa shape index (κ2) is 4.37. The normalized spacial score (nSPS) is 10.5. The first-order valence-electron chi connectivity index (χ1n) is 5.43. The van der Waals surface area contributed by atoms with Gasteiger partial charge in [-0.25, -0.2) is 4.98 Å². The Bertz CT molecular complexity index is 717. The first-order chi connectivity index (χ1) is 9.24. The fourth-order valence-electron chi connectivity index (χ4n) is 1.67. The SMILES string of the molecule is O=[N+]([O-])c1ccc(-c2cn(-c3ccncc3)cn2)o1. The highest BCUT2D eigenvalue weighted by Gasteiger charge is 2.14. The van der Waals surface area contributed by atoms with Gasteiger partial charge in [0.15, 0.2) is 5.76 Å². The molecular weight excluding hydrogens is 248 g/mol. The summed E-state index contributed by atoms with van der Waals surface area (Å²) in [4.78, 5) is 18.1. The lowest BCUT2D eigenvalue weighted by Gasteiger charge is -1.98. The first kappa shape index (κ1) is 11.1. The second-order valence-corrected chi connectivity index (χ2v) is 3.77. The van der Waals surface area contributed by atoms with E-state index in [1.165, 1.54) is 12.1 Å². The molecule has 0 bridgehead atoms. The van der Waals surface area contributed by atoms with Crippen molar-refractivity contribution in [3.63, 3.8) is 0 Å². The number of rotatable bonds is 3. The highest BCUT2D eigenvalue weighted by atomic mass is 16.6. The first-order valence-corrected chi connectivity index (χ1v) is 5.43. The predicted octanol–water partition coefficient (Wildman–Crippen LogP) is 2.44. The van der Waals surface area contributed by atoms with Crippen molar-refractivity contribution in [3.05, 3.63) is 59.3 Å². The molecule has 0 unspecified atom stereocenters. The van der Waals surface area contributed by atoms with Crippen molar-refractivity contribution >= 4 is 5.88 Å². The zero-order valence-corrected chi connectivity index (χ0v) is 9.63. The Labute approximate surface area is 107 Å². The Morgan fingerprint density at radius 2 is 2.00 bits per heavy atom. The van der Waals surface area contributed by atoms with Crippen LogP contribution in [-0.2, 0) is 0 Å². The van der Waals surface area contributed by atoms with E-state index in [0.717, 1.165) is 5.69 Å². The molecule has 0 atom stereocenters. The van der Waals surface area contributed by atoms with Crippen LogP contribution in [0.2, 0.25) is 0 Å². The van der Waals surface area contributed by atoms with Crippen LogP contribution in [-0.4, -0.2) is 19.5 Å². The molecule has 0 aromatic carbocycles. The fraction of sp³-hybridized carbons (Fsp3) is 0. The second-order valence-electron chi connectivity index (χ2n) is 3.77. The van der Waals surface area contributed by atoms with Crippen molar-refractivity contribution in [3.8, 4) is 17.1 Å². The van der Waals surface area contributed by atoms with Gasteiger partial charge < -0.3 is 8.98 Å². The van der Waals surface area contributed by atoms with Gasteiger partial charge in [-0.2, -0.15) is 0 Å². The summed E-state index contributed by atoms with van der Waals surface area (Å²) in [6.07, 6.45) is 6.69. The van der Waals surface area contributed by atoms with E-state index in [4.69, 9.17) is 4.42 Å². The molecule has 0 saturated heterocycles. The van der Waals surface area contributed by atoms with E-state index in [9.17, 15) is 10.1 Å². The molecule has 0 spiro atoms. The molecule has 3 aromatic rings. The maximum atomic E-state index is 10.6. The standard InChI is InChI=1S/C12H8N4O3/c17-16(18)12-2-1-11(19-12)10-7-15(8-14-10)9-3-5-13-6-4-9/h1-8H. The van der Waals surface area contributed by atoms with E-state index in [0.29, 0.717) is 11.5 Å². The number of nitro groups is 1. The average molecular weight is 256 g/mol. The van der Waals surface area contributed by atoms with Crippen LogP contribution < -0.4 is 0 Å². The predicted molar refractivity (Wildman–Crippen MR) is 65.7 cm³/mol. The summed E-state index contributed by atoms with van der Waals surface area (Å²) in [5, 5.41) is 10.6. The minimum atomic E-state index is -0.580. The molecule has 7 nitrogen and oxygen atoms in total. The highest BCUT2D eigenvalue weighted by molar-refractivity contribution is 5.53. The Morgan fingerprint density at radius 1 is 1.21 bits per heavy atom. The van der Waals surface area contributed by atoms with Crippen LogP contribution in [0.5, 0.6) is 0 Å². The van der Waals surface area contributed by atoms with Crippen molar-refractivity contribution in [1.29, 1.82) is 0 Å². The van der Waals surface area contributed by atoms with Gasteiger partial charge in [0.05, 0.1) is 6.07 Å². The number of hydrogen-bond donors (Lipinski definition) is 0. The van der Waals surface area contributed by atoms with E-state index in [-0.39, 0.29) is 5.88 Å². The van der Waals surface area contributed by atoms with Gasteiger partial charge >= 0.3 is 5.88 Å². The fourth-order valence-corrected chi connectivity index (χ4v) is 1.67. The maximum absolute atomic E-state index is 10.6. The van der Waals surface area contributed by atoms with Crippen LogP contribution >= 0.6 is 0 Å². The van der Waals surface area contributed by atoms with Gasteiger partial charge in [0.25, 0.3) is 0 Å².